The van der Waals surface area contributed by atoms with Crippen molar-refractivity contribution in [3.63, 3.8) is 0 Å². The van der Waals surface area contributed by atoms with Crippen molar-refractivity contribution in [3.05, 3.63) is 0 Å². The molecule has 2 aliphatic heterocycles. The second-order valence-electron chi connectivity index (χ2n) is 6.80. The number of rotatable bonds is 8. The van der Waals surface area contributed by atoms with E-state index >= 15 is 0 Å². The van der Waals surface area contributed by atoms with Crippen molar-refractivity contribution in [1.82, 2.24) is 10.2 Å². The molecule has 2 fully saturated rings. The molecule has 2 heterocycles. The van der Waals surface area contributed by atoms with E-state index in [9.17, 15) is 14.7 Å². The predicted octanol–water partition coefficient (Wildman–Crippen LogP) is -2.14. The number of nitrogens with two attached hydrogens (primary N) is 1. The summed E-state index contributed by atoms with van der Waals surface area (Å²) in [6.45, 7) is 0.983. The van der Waals surface area contributed by atoms with Crippen molar-refractivity contribution < 1.29 is 29.5 Å². The van der Waals surface area contributed by atoms with Crippen LogP contribution in [0.25, 0.3) is 0 Å². The molecule has 2 saturated heterocycles. The molecule has 1 amide bonds. The van der Waals surface area contributed by atoms with Crippen LogP contribution >= 0.6 is 0 Å². The van der Waals surface area contributed by atoms with Crippen LogP contribution in [-0.4, -0.2) is 84.0 Å². The third kappa shape index (κ3) is 3.29. The lowest BCUT2D eigenvalue weighted by Gasteiger charge is -2.35. The number of nitrogens with one attached hydrogen (secondary N) is 1. The first-order chi connectivity index (χ1) is 11.3. The van der Waals surface area contributed by atoms with E-state index in [1.807, 2.05) is 0 Å². The van der Waals surface area contributed by atoms with Crippen LogP contribution in [0.2, 0.25) is 6.32 Å². The van der Waals surface area contributed by atoms with Gasteiger partial charge in [0.25, 0.3) is 0 Å². The molecule has 0 radical (unpaired) electrons. The lowest BCUT2D eigenvalue weighted by atomic mass is 9.68. The Morgan fingerprint density at radius 3 is 2.71 bits per heavy atom. The van der Waals surface area contributed by atoms with Gasteiger partial charge in [0.1, 0.15) is 11.6 Å². The van der Waals surface area contributed by atoms with E-state index in [4.69, 9.17) is 20.5 Å². The van der Waals surface area contributed by atoms with Crippen LogP contribution in [-0.2, 0) is 14.3 Å². The number of amides is 1. The van der Waals surface area contributed by atoms with E-state index in [1.54, 1.807) is 0 Å². The SMILES string of the molecule is COCC(N)C(=O)N1CC2(CCCB(O)O)CCNC2(C(=O)O)C1. The number of hydrogen-bond donors (Lipinski definition) is 5. The largest absolute Gasteiger partial charge is 0.480 e. The van der Waals surface area contributed by atoms with Crippen LogP contribution in [0.1, 0.15) is 19.3 Å². The van der Waals surface area contributed by atoms with Gasteiger partial charge >= 0.3 is 13.1 Å². The smallest absolute Gasteiger partial charge is 0.451 e. The molecule has 2 rings (SSSR count). The van der Waals surface area contributed by atoms with Crippen LogP contribution in [0.4, 0.5) is 0 Å². The summed E-state index contributed by atoms with van der Waals surface area (Å²) in [5, 5.41) is 31.0. The highest BCUT2D eigenvalue weighted by molar-refractivity contribution is 6.40. The Hall–Kier alpha value is -1.20. The molecule has 10 heteroatoms. The molecule has 0 bridgehead atoms. The Bertz CT molecular complexity index is 493. The topological polar surface area (TPSA) is 145 Å². The molecule has 9 nitrogen and oxygen atoms in total. The Morgan fingerprint density at radius 2 is 2.12 bits per heavy atom. The van der Waals surface area contributed by atoms with Crippen molar-refractivity contribution in [2.24, 2.45) is 11.1 Å². The number of nitrogens with zero attached hydrogens (tertiary/aromatic N) is 1. The van der Waals surface area contributed by atoms with Crippen LogP contribution in [0, 0.1) is 5.41 Å². The van der Waals surface area contributed by atoms with Crippen LogP contribution in [0.3, 0.4) is 0 Å². The number of carbonyl (C=O) groups is 2. The lowest BCUT2D eigenvalue weighted by Crippen LogP contribution is -2.58. The fourth-order valence-electron chi connectivity index (χ4n) is 4.11. The number of fused-ring (bicyclic) bond motifs is 1. The van der Waals surface area contributed by atoms with E-state index in [0.29, 0.717) is 32.4 Å². The summed E-state index contributed by atoms with van der Waals surface area (Å²) in [5.74, 6) is -1.31. The van der Waals surface area contributed by atoms with Crippen molar-refractivity contribution in [2.45, 2.75) is 37.2 Å². The van der Waals surface area contributed by atoms with Crippen molar-refractivity contribution in [1.29, 1.82) is 0 Å². The number of carboxylic acid groups (broad SMARTS) is 1. The minimum atomic E-state index is -1.41. The fraction of sp³-hybridized carbons (Fsp3) is 0.857. The lowest BCUT2D eigenvalue weighted by molar-refractivity contribution is -0.147. The van der Waals surface area contributed by atoms with Crippen molar-refractivity contribution in [2.75, 3.05) is 33.4 Å². The Labute approximate surface area is 141 Å². The van der Waals surface area contributed by atoms with E-state index in [-0.39, 0.29) is 25.4 Å². The minimum absolute atomic E-state index is 0.0558. The number of likely N-dealkylation sites (tertiary alicyclic amines) is 1. The van der Waals surface area contributed by atoms with E-state index in [0.717, 1.165) is 0 Å². The molecule has 136 valence electrons. The highest BCUT2D eigenvalue weighted by Crippen LogP contribution is 2.49. The third-order valence-electron chi connectivity index (χ3n) is 5.32. The van der Waals surface area contributed by atoms with Gasteiger partial charge in [-0.3, -0.25) is 14.9 Å². The van der Waals surface area contributed by atoms with Gasteiger partial charge in [-0.15, -0.1) is 0 Å². The van der Waals surface area contributed by atoms with Gasteiger partial charge in [-0.1, -0.05) is 6.42 Å². The number of methoxy groups -OCH3 is 1. The summed E-state index contributed by atoms with van der Waals surface area (Å²) < 4.78 is 4.91. The number of carboxylic acids is 1. The summed E-state index contributed by atoms with van der Waals surface area (Å²) >= 11 is 0. The molecule has 0 saturated carbocycles. The molecule has 3 unspecified atom stereocenters. The summed E-state index contributed by atoms with van der Waals surface area (Å²) in [7, 11) is 0.0395. The monoisotopic (exact) mass is 343 g/mol. The summed E-state index contributed by atoms with van der Waals surface area (Å²) in [6.07, 6.45) is 1.76. The molecule has 2 aliphatic rings. The van der Waals surface area contributed by atoms with E-state index in [1.165, 1.54) is 12.0 Å². The molecule has 3 atom stereocenters. The molecule has 0 aromatic rings. The number of ether oxygens (including phenoxy) is 1. The zero-order valence-electron chi connectivity index (χ0n) is 13.9. The Balaban J connectivity index is 2.19. The molecule has 24 heavy (non-hydrogen) atoms. The zero-order chi connectivity index (χ0) is 18.0. The number of aliphatic carboxylic acids is 1. The molecule has 0 spiro atoms. The van der Waals surface area contributed by atoms with Gasteiger partial charge in [0.05, 0.1) is 13.2 Å². The zero-order valence-corrected chi connectivity index (χ0v) is 13.9. The van der Waals surface area contributed by atoms with Crippen LogP contribution in [0.15, 0.2) is 0 Å². The Kier molecular flexibility index (Phi) is 5.87. The van der Waals surface area contributed by atoms with Gasteiger partial charge in [-0.2, -0.15) is 0 Å². The highest BCUT2D eigenvalue weighted by atomic mass is 16.5. The summed E-state index contributed by atoms with van der Waals surface area (Å²) in [4.78, 5) is 26.0. The maximum atomic E-state index is 12.5. The van der Waals surface area contributed by atoms with Gasteiger partial charge in [-0.05, 0) is 25.7 Å². The van der Waals surface area contributed by atoms with Crippen LogP contribution < -0.4 is 11.1 Å². The maximum Gasteiger partial charge on any atom is 0.451 e. The van der Waals surface area contributed by atoms with Gasteiger partial charge < -0.3 is 30.5 Å². The molecular weight excluding hydrogens is 317 g/mol. The average Bonchev–Trinajstić information content (AvgIpc) is 2.99. The first-order valence-corrected chi connectivity index (χ1v) is 8.16. The van der Waals surface area contributed by atoms with Crippen molar-refractivity contribution >= 4 is 19.0 Å². The average molecular weight is 343 g/mol. The molecular formula is C14H26BN3O6. The second kappa shape index (κ2) is 7.36. The first-order valence-electron chi connectivity index (χ1n) is 8.16. The minimum Gasteiger partial charge on any atom is -0.480 e. The van der Waals surface area contributed by atoms with Gasteiger partial charge in [0.15, 0.2) is 0 Å². The Morgan fingerprint density at radius 1 is 1.42 bits per heavy atom. The molecule has 6 N–H and O–H groups in total. The normalized spacial score (nSPS) is 30.2. The second-order valence-corrected chi connectivity index (χ2v) is 6.80. The number of hydrogen-bond acceptors (Lipinski definition) is 7. The summed E-state index contributed by atoms with van der Waals surface area (Å²) in [5.41, 5.74) is 3.97. The van der Waals surface area contributed by atoms with Crippen LogP contribution in [0.5, 0.6) is 0 Å². The quantitative estimate of drug-likeness (QED) is 0.314. The number of carbonyl (C=O) groups excluding carboxylic acids is 1. The fourth-order valence-corrected chi connectivity index (χ4v) is 4.11. The van der Waals surface area contributed by atoms with Gasteiger partial charge in [0.2, 0.25) is 5.91 Å². The molecule has 0 aliphatic carbocycles. The van der Waals surface area contributed by atoms with E-state index in [2.05, 4.69) is 5.32 Å². The maximum absolute atomic E-state index is 12.5. The third-order valence-corrected chi connectivity index (χ3v) is 5.32. The van der Waals surface area contributed by atoms with Gasteiger partial charge in [-0.25, -0.2) is 0 Å². The van der Waals surface area contributed by atoms with E-state index < -0.39 is 30.1 Å². The van der Waals surface area contributed by atoms with Crippen molar-refractivity contribution in [3.8, 4) is 0 Å². The predicted molar refractivity (Wildman–Crippen MR) is 86.1 cm³/mol. The standard InChI is InChI=1S/C14H26BN3O6/c1-24-7-10(16)11(19)18-8-13(3-2-5-15(22)23)4-6-17-14(13,9-18)12(20)21/h10,17,22-23H,2-9,16H2,1H3,(H,20,21). The molecule has 0 aromatic carbocycles. The molecule has 0 aromatic heterocycles. The highest BCUT2D eigenvalue weighted by Gasteiger charge is 2.65. The van der Waals surface area contributed by atoms with Gasteiger partial charge in [0, 0.05) is 19.1 Å². The first kappa shape index (κ1) is 19.1. The summed E-state index contributed by atoms with van der Waals surface area (Å²) in [6, 6.07) is -0.823.